The fraction of sp³-hybridized carbons (Fsp3) is 0. The summed E-state index contributed by atoms with van der Waals surface area (Å²) in [5, 5.41) is 2.44. The van der Waals surface area contributed by atoms with Crippen LogP contribution in [-0.4, -0.2) is 9.97 Å². The molecule has 0 N–H and O–H groups in total. The molecule has 2 nitrogen and oxygen atoms in total. The van der Waals surface area contributed by atoms with Gasteiger partial charge in [-0.25, -0.2) is 9.97 Å². The third-order valence-electron chi connectivity index (χ3n) is 3.81. The van der Waals surface area contributed by atoms with Crippen molar-refractivity contribution >= 4 is 26.7 Å². The van der Waals surface area contributed by atoms with Crippen LogP contribution in [0.1, 0.15) is 0 Å². The zero-order valence-corrected chi connectivity index (χ0v) is 13.9. The molecule has 0 spiro atoms. The highest BCUT2D eigenvalue weighted by molar-refractivity contribution is 9.10. The third kappa shape index (κ3) is 2.88. The van der Waals surface area contributed by atoms with E-state index in [-0.39, 0.29) is 0 Å². The lowest BCUT2D eigenvalue weighted by molar-refractivity contribution is 1.12. The quantitative estimate of drug-likeness (QED) is 0.426. The first-order valence-corrected chi connectivity index (χ1v) is 8.18. The van der Waals surface area contributed by atoms with Crippen LogP contribution in [0.2, 0.25) is 0 Å². The molecule has 3 aromatic carbocycles. The van der Waals surface area contributed by atoms with Gasteiger partial charge in [-0.15, -0.1) is 0 Å². The first-order chi connectivity index (χ1) is 11.3. The second-order valence-corrected chi connectivity index (χ2v) is 6.04. The number of nitrogens with zero attached hydrogens (tertiary/aromatic N) is 2. The van der Waals surface area contributed by atoms with Crippen molar-refractivity contribution in [2.45, 2.75) is 0 Å². The predicted octanol–water partition coefficient (Wildman–Crippen LogP) is 5.73. The van der Waals surface area contributed by atoms with Crippen molar-refractivity contribution < 1.29 is 0 Å². The molecule has 3 heteroatoms. The van der Waals surface area contributed by atoms with E-state index in [1.165, 1.54) is 10.8 Å². The number of benzene rings is 3. The average molecular weight is 361 g/mol. The van der Waals surface area contributed by atoms with Gasteiger partial charge in [-0.1, -0.05) is 66.7 Å². The minimum Gasteiger partial charge on any atom is -0.222 e. The fourth-order valence-corrected chi connectivity index (χ4v) is 3.05. The molecule has 0 amide bonds. The second kappa shape index (κ2) is 5.94. The molecule has 0 bridgehead atoms. The summed E-state index contributed by atoms with van der Waals surface area (Å²) in [4.78, 5) is 9.04. The van der Waals surface area contributed by atoms with Crippen molar-refractivity contribution in [3.05, 3.63) is 83.6 Å². The average Bonchev–Trinajstić information content (AvgIpc) is 2.61. The van der Waals surface area contributed by atoms with E-state index in [1.54, 1.807) is 0 Å². The first kappa shape index (κ1) is 14.1. The Morgan fingerprint density at radius 2 is 1.22 bits per heavy atom. The molecular formula is C20H13BrN2. The lowest BCUT2D eigenvalue weighted by Crippen LogP contribution is -1.92. The van der Waals surface area contributed by atoms with Crippen molar-refractivity contribution in [3.63, 3.8) is 0 Å². The lowest BCUT2D eigenvalue weighted by Gasteiger charge is -2.07. The van der Waals surface area contributed by atoms with Crippen LogP contribution >= 0.6 is 15.9 Å². The minimum atomic E-state index is 0.599. The van der Waals surface area contributed by atoms with Crippen molar-refractivity contribution in [2.24, 2.45) is 0 Å². The Kier molecular flexibility index (Phi) is 3.64. The van der Waals surface area contributed by atoms with E-state index in [0.29, 0.717) is 4.73 Å². The fourth-order valence-electron chi connectivity index (χ4n) is 2.67. The summed E-state index contributed by atoms with van der Waals surface area (Å²) in [5.41, 5.74) is 3.99. The van der Waals surface area contributed by atoms with Crippen LogP contribution in [-0.2, 0) is 0 Å². The van der Waals surface area contributed by atoms with Crippen molar-refractivity contribution in [3.8, 4) is 22.5 Å². The molecule has 1 aromatic heterocycles. The minimum absolute atomic E-state index is 0.599. The first-order valence-electron chi connectivity index (χ1n) is 7.39. The van der Waals surface area contributed by atoms with Crippen LogP contribution in [0.5, 0.6) is 0 Å². The largest absolute Gasteiger partial charge is 0.222 e. The third-order valence-corrected chi connectivity index (χ3v) is 4.17. The number of hydrogen-bond acceptors (Lipinski definition) is 2. The monoisotopic (exact) mass is 360 g/mol. The van der Waals surface area contributed by atoms with E-state index in [4.69, 9.17) is 0 Å². The zero-order valence-electron chi connectivity index (χ0n) is 12.3. The van der Waals surface area contributed by atoms with Crippen molar-refractivity contribution in [2.75, 3.05) is 0 Å². The van der Waals surface area contributed by atoms with Gasteiger partial charge >= 0.3 is 0 Å². The molecule has 4 aromatic rings. The van der Waals surface area contributed by atoms with Gasteiger partial charge in [0.2, 0.25) is 0 Å². The Balaban J connectivity index is 1.86. The molecule has 0 aliphatic carbocycles. The SMILES string of the molecule is Brc1nc(-c2ccccc2)cc(-c2ccc3ccccc3c2)n1. The molecule has 23 heavy (non-hydrogen) atoms. The molecule has 110 valence electrons. The van der Waals surface area contributed by atoms with Gasteiger partial charge in [-0.3, -0.25) is 0 Å². The molecule has 0 radical (unpaired) electrons. The molecule has 1 heterocycles. The smallest absolute Gasteiger partial charge is 0.197 e. The maximum absolute atomic E-state index is 4.54. The summed E-state index contributed by atoms with van der Waals surface area (Å²) in [6.45, 7) is 0. The number of rotatable bonds is 2. The normalized spacial score (nSPS) is 10.8. The zero-order chi connectivity index (χ0) is 15.6. The van der Waals surface area contributed by atoms with Gasteiger partial charge in [0, 0.05) is 11.1 Å². The molecule has 0 aliphatic heterocycles. The molecule has 0 saturated carbocycles. The Hall–Kier alpha value is -2.52. The summed E-state index contributed by atoms with van der Waals surface area (Å²) >= 11 is 3.44. The van der Waals surface area contributed by atoms with E-state index in [0.717, 1.165) is 22.5 Å². The van der Waals surface area contributed by atoms with Gasteiger partial charge in [0.15, 0.2) is 4.73 Å². The molecule has 0 saturated heterocycles. The predicted molar refractivity (Wildman–Crippen MR) is 98.1 cm³/mol. The number of fused-ring (bicyclic) bond motifs is 1. The molecule has 0 aliphatic rings. The van der Waals surface area contributed by atoms with Crippen LogP contribution in [0, 0.1) is 0 Å². The van der Waals surface area contributed by atoms with Crippen LogP contribution < -0.4 is 0 Å². The maximum Gasteiger partial charge on any atom is 0.197 e. The van der Waals surface area contributed by atoms with Gasteiger partial charge in [0.05, 0.1) is 11.4 Å². The van der Waals surface area contributed by atoms with Crippen LogP contribution in [0.25, 0.3) is 33.3 Å². The number of hydrogen-bond donors (Lipinski definition) is 0. The second-order valence-electron chi connectivity index (χ2n) is 5.34. The topological polar surface area (TPSA) is 25.8 Å². The highest BCUT2D eigenvalue weighted by Crippen LogP contribution is 2.27. The lowest BCUT2D eigenvalue weighted by atomic mass is 10.0. The molecular weight excluding hydrogens is 348 g/mol. The highest BCUT2D eigenvalue weighted by Gasteiger charge is 2.07. The van der Waals surface area contributed by atoms with Gasteiger partial charge in [0.25, 0.3) is 0 Å². The standard InChI is InChI=1S/C20H13BrN2/c21-20-22-18(15-7-2-1-3-8-15)13-19(23-20)17-11-10-14-6-4-5-9-16(14)12-17/h1-13H. The Morgan fingerprint density at radius 1 is 0.565 bits per heavy atom. The van der Waals surface area contributed by atoms with E-state index in [2.05, 4.69) is 80.5 Å². The van der Waals surface area contributed by atoms with Crippen molar-refractivity contribution in [1.82, 2.24) is 9.97 Å². The number of halogens is 1. The van der Waals surface area contributed by atoms with E-state index >= 15 is 0 Å². The van der Waals surface area contributed by atoms with Gasteiger partial charge in [-0.2, -0.15) is 0 Å². The maximum atomic E-state index is 4.54. The van der Waals surface area contributed by atoms with Gasteiger partial charge in [0.1, 0.15) is 0 Å². The number of aromatic nitrogens is 2. The Labute approximate surface area is 143 Å². The summed E-state index contributed by atoms with van der Waals surface area (Å²) < 4.78 is 0.599. The molecule has 0 unspecified atom stereocenters. The molecule has 4 rings (SSSR count). The summed E-state index contributed by atoms with van der Waals surface area (Å²) in [6.07, 6.45) is 0. The molecule has 0 fully saturated rings. The van der Waals surface area contributed by atoms with Crippen LogP contribution in [0.15, 0.2) is 83.6 Å². The highest BCUT2D eigenvalue weighted by atomic mass is 79.9. The summed E-state index contributed by atoms with van der Waals surface area (Å²) in [6, 6.07) is 26.9. The van der Waals surface area contributed by atoms with Crippen LogP contribution in [0.4, 0.5) is 0 Å². The molecule has 0 atom stereocenters. The Morgan fingerprint density at radius 3 is 2.00 bits per heavy atom. The van der Waals surface area contributed by atoms with Crippen molar-refractivity contribution in [1.29, 1.82) is 0 Å². The summed E-state index contributed by atoms with van der Waals surface area (Å²) in [7, 11) is 0. The van der Waals surface area contributed by atoms with E-state index in [9.17, 15) is 0 Å². The van der Waals surface area contributed by atoms with E-state index < -0.39 is 0 Å². The van der Waals surface area contributed by atoms with Gasteiger partial charge < -0.3 is 0 Å². The Bertz CT molecular complexity index is 981. The summed E-state index contributed by atoms with van der Waals surface area (Å²) in [5.74, 6) is 0. The van der Waals surface area contributed by atoms with Crippen LogP contribution in [0.3, 0.4) is 0 Å². The van der Waals surface area contributed by atoms with E-state index in [1.807, 2.05) is 24.3 Å². The van der Waals surface area contributed by atoms with Gasteiger partial charge in [-0.05, 0) is 38.8 Å².